The van der Waals surface area contributed by atoms with Crippen LogP contribution in [0.1, 0.15) is 79.6 Å². The van der Waals surface area contributed by atoms with E-state index in [0.29, 0.717) is 5.41 Å². The summed E-state index contributed by atoms with van der Waals surface area (Å²) in [7, 11) is 0. The summed E-state index contributed by atoms with van der Waals surface area (Å²) in [4.78, 5) is 0. The van der Waals surface area contributed by atoms with Crippen LogP contribution in [-0.4, -0.2) is 24.3 Å². The average molecular weight is 281 g/mol. The van der Waals surface area contributed by atoms with Crippen molar-refractivity contribution >= 4 is 0 Å². The predicted octanol–water partition coefficient (Wildman–Crippen LogP) is 4.53. The number of hydrogen-bond donors (Lipinski definition) is 1. The summed E-state index contributed by atoms with van der Waals surface area (Å²) >= 11 is 0. The molecule has 2 nitrogen and oxygen atoms in total. The third-order valence-electron chi connectivity index (χ3n) is 5.54. The first kappa shape index (κ1) is 16.3. The fraction of sp³-hybridized carbons (Fsp3) is 1.00. The van der Waals surface area contributed by atoms with Gasteiger partial charge in [-0.25, -0.2) is 0 Å². The van der Waals surface area contributed by atoms with Crippen molar-refractivity contribution in [3.63, 3.8) is 0 Å². The van der Waals surface area contributed by atoms with Crippen molar-refractivity contribution in [3.05, 3.63) is 0 Å². The Kier molecular flexibility index (Phi) is 4.86. The molecule has 1 unspecified atom stereocenters. The highest BCUT2D eigenvalue weighted by molar-refractivity contribution is 4.95. The van der Waals surface area contributed by atoms with Crippen LogP contribution in [0.2, 0.25) is 0 Å². The normalized spacial score (nSPS) is 27.1. The van der Waals surface area contributed by atoms with Crippen LogP contribution >= 0.6 is 0 Å². The Morgan fingerprint density at radius 3 is 2.35 bits per heavy atom. The zero-order valence-corrected chi connectivity index (χ0v) is 14.3. The molecule has 1 N–H and O–H groups in total. The molecule has 0 amide bonds. The fourth-order valence-corrected chi connectivity index (χ4v) is 4.03. The van der Waals surface area contributed by atoms with E-state index in [9.17, 15) is 0 Å². The van der Waals surface area contributed by atoms with Crippen LogP contribution < -0.4 is 5.32 Å². The van der Waals surface area contributed by atoms with E-state index in [1.165, 1.54) is 44.9 Å². The van der Waals surface area contributed by atoms with Crippen molar-refractivity contribution in [2.75, 3.05) is 13.2 Å². The Morgan fingerprint density at radius 2 is 1.75 bits per heavy atom. The molecule has 0 bridgehead atoms. The van der Waals surface area contributed by atoms with E-state index in [1.807, 2.05) is 0 Å². The van der Waals surface area contributed by atoms with E-state index in [1.54, 1.807) is 0 Å². The molecule has 0 aromatic rings. The van der Waals surface area contributed by atoms with Crippen LogP contribution in [0.3, 0.4) is 0 Å². The number of rotatable bonds is 4. The van der Waals surface area contributed by atoms with Crippen molar-refractivity contribution in [1.29, 1.82) is 0 Å². The maximum Gasteiger partial charge on any atom is 0.0685 e. The molecule has 1 heterocycles. The zero-order chi connectivity index (χ0) is 14.9. The molecule has 1 aliphatic heterocycles. The third kappa shape index (κ3) is 4.21. The maximum absolute atomic E-state index is 6.19. The van der Waals surface area contributed by atoms with Gasteiger partial charge in [0, 0.05) is 12.1 Å². The summed E-state index contributed by atoms with van der Waals surface area (Å²) in [5, 5.41) is 3.65. The summed E-state index contributed by atoms with van der Waals surface area (Å²) in [6, 6.07) is 0. The van der Waals surface area contributed by atoms with Crippen molar-refractivity contribution in [3.8, 4) is 0 Å². The highest BCUT2D eigenvalue weighted by Gasteiger charge is 2.44. The lowest BCUT2D eigenvalue weighted by Crippen LogP contribution is -2.44. The van der Waals surface area contributed by atoms with Crippen molar-refractivity contribution in [2.24, 2.45) is 11.3 Å². The molecule has 1 spiro atoms. The molecule has 2 rings (SSSR count). The quantitative estimate of drug-likeness (QED) is 0.817. The first-order valence-electron chi connectivity index (χ1n) is 8.62. The highest BCUT2D eigenvalue weighted by Crippen LogP contribution is 2.48. The SMILES string of the molecule is CC(C)(C)NCCC(C)(C)C1CCOC2(CCCC2)C1. The van der Waals surface area contributed by atoms with E-state index < -0.39 is 0 Å². The smallest absolute Gasteiger partial charge is 0.0685 e. The van der Waals surface area contributed by atoms with Gasteiger partial charge in [-0.05, 0) is 70.8 Å². The molecule has 1 saturated heterocycles. The molecule has 1 aliphatic carbocycles. The Bertz CT molecular complexity index is 310. The molecule has 2 heteroatoms. The summed E-state index contributed by atoms with van der Waals surface area (Å²) in [6.07, 6.45) is 9.18. The predicted molar refractivity (Wildman–Crippen MR) is 86.0 cm³/mol. The van der Waals surface area contributed by atoms with Gasteiger partial charge >= 0.3 is 0 Å². The molecule has 20 heavy (non-hydrogen) atoms. The largest absolute Gasteiger partial charge is 0.375 e. The molecule has 0 aromatic carbocycles. The summed E-state index contributed by atoms with van der Waals surface area (Å²) in [5.41, 5.74) is 0.924. The lowest BCUT2D eigenvalue weighted by atomic mass is 9.68. The van der Waals surface area contributed by atoms with Crippen LogP contribution in [-0.2, 0) is 4.74 Å². The molecular weight excluding hydrogens is 246 g/mol. The van der Waals surface area contributed by atoms with Crippen molar-refractivity contribution in [2.45, 2.75) is 90.7 Å². The fourth-order valence-electron chi connectivity index (χ4n) is 4.03. The second kappa shape index (κ2) is 5.96. The van der Waals surface area contributed by atoms with E-state index in [2.05, 4.69) is 39.9 Å². The van der Waals surface area contributed by atoms with Crippen LogP contribution in [0.25, 0.3) is 0 Å². The van der Waals surface area contributed by atoms with Crippen molar-refractivity contribution < 1.29 is 4.74 Å². The molecule has 0 radical (unpaired) electrons. The van der Waals surface area contributed by atoms with Gasteiger partial charge in [0.25, 0.3) is 0 Å². The van der Waals surface area contributed by atoms with Gasteiger partial charge in [-0.2, -0.15) is 0 Å². The lowest BCUT2D eigenvalue weighted by molar-refractivity contribution is -0.113. The van der Waals surface area contributed by atoms with Crippen molar-refractivity contribution in [1.82, 2.24) is 5.32 Å². The van der Waals surface area contributed by atoms with Gasteiger partial charge in [-0.3, -0.25) is 0 Å². The van der Waals surface area contributed by atoms with Gasteiger partial charge in [-0.15, -0.1) is 0 Å². The molecule has 2 aliphatic rings. The van der Waals surface area contributed by atoms with Gasteiger partial charge in [0.2, 0.25) is 0 Å². The minimum absolute atomic E-state index is 0.235. The van der Waals surface area contributed by atoms with E-state index in [-0.39, 0.29) is 11.1 Å². The molecule has 1 saturated carbocycles. The standard InChI is InChI=1S/C18H35NO/c1-16(2,3)19-12-11-17(4,5)15-8-13-20-18(14-15)9-6-7-10-18/h15,19H,6-14H2,1-5H3. The average Bonchev–Trinajstić information content (AvgIpc) is 2.75. The lowest BCUT2D eigenvalue weighted by Gasteiger charge is -2.45. The first-order valence-corrected chi connectivity index (χ1v) is 8.62. The van der Waals surface area contributed by atoms with E-state index in [4.69, 9.17) is 4.74 Å². The highest BCUT2D eigenvalue weighted by atomic mass is 16.5. The van der Waals surface area contributed by atoms with Gasteiger partial charge in [0.15, 0.2) is 0 Å². The van der Waals surface area contributed by atoms with Crippen LogP contribution in [0.5, 0.6) is 0 Å². The Hall–Kier alpha value is -0.0800. The zero-order valence-electron chi connectivity index (χ0n) is 14.3. The monoisotopic (exact) mass is 281 g/mol. The van der Waals surface area contributed by atoms with E-state index >= 15 is 0 Å². The van der Waals surface area contributed by atoms with Gasteiger partial charge in [-0.1, -0.05) is 26.7 Å². The summed E-state index contributed by atoms with van der Waals surface area (Å²) in [5.74, 6) is 0.830. The maximum atomic E-state index is 6.19. The molecule has 1 atom stereocenters. The molecule has 0 aromatic heterocycles. The Labute approximate surface area is 126 Å². The van der Waals surface area contributed by atoms with Gasteiger partial charge in [0.1, 0.15) is 0 Å². The van der Waals surface area contributed by atoms with Crippen LogP contribution in [0.4, 0.5) is 0 Å². The second-order valence-electron chi connectivity index (χ2n) is 8.84. The van der Waals surface area contributed by atoms with Crippen LogP contribution in [0.15, 0.2) is 0 Å². The minimum Gasteiger partial charge on any atom is -0.375 e. The van der Waals surface area contributed by atoms with Gasteiger partial charge < -0.3 is 10.1 Å². The number of hydrogen-bond acceptors (Lipinski definition) is 2. The topological polar surface area (TPSA) is 21.3 Å². The minimum atomic E-state index is 0.235. The van der Waals surface area contributed by atoms with E-state index in [0.717, 1.165) is 19.1 Å². The Morgan fingerprint density at radius 1 is 1.10 bits per heavy atom. The molecular formula is C18H35NO. The Balaban J connectivity index is 1.88. The number of ether oxygens (including phenoxy) is 1. The van der Waals surface area contributed by atoms with Crippen LogP contribution in [0, 0.1) is 11.3 Å². The number of nitrogens with one attached hydrogen (secondary N) is 1. The first-order chi connectivity index (χ1) is 9.23. The molecule has 118 valence electrons. The summed E-state index contributed by atoms with van der Waals surface area (Å²) in [6.45, 7) is 13.8. The molecule has 2 fully saturated rings. The third-order valence-corrected chi connectivity index (χ3v) is 5.54. The summed E-state index contributed by atoms with van der Waals surface area (Å²) < 4.78 is 6.19. The van der Waals surface area contributed by atoms with Gasteiger partial charge in [0.05, 0.1) is 5.60 Å². The second-order valence-corrected chi connectivity index (χ2v) is 8.84.